The lowest BCUT2D eigenvalue weighted by molar-refractivity contribution is 0.0512. The van der Waals surface area contributed by atoms with Crippen molar-refractivity contribution in [3.63, 3.8) is 0 Å². The molecule has 1 fully saturated rings. The summed E-state index contributed by atoms with van der Waals surface area (Å²) in [5.41, 5.74) is 0.903. The maximum absolute atomic E-state index is 12.8. The molecular weight excluding hydrogens is 296 g/mol. The first-order valence-corrected chi connectivity index (χ1v) is 8.27. The number of likely N-dealkylation sites (N-methyl/N-ethyl adjacent to an activating group) is 1. The monoisotopic (exact) mass is 320 g/mol. The van der Waals surface area contributed by atoms with Gasteiger partial charge >= 0.3 is 0 Å². The highest BCUT2D eigenvalue weighted by molar-refractivity contribution is 6.10. The third-order valence-corrected chi connectivity index (χ3v) is 4.62. The van der Waals surface area contributed by atoms with Crippen molar-refractivity contribution in [3.05, 3.63) is 22.6 Å². The molecule has 2 atom stereocenters. The van der Waals surface area contributed by atoms with Crippen LogP contribution in [0.3, 0.4) is 0 Å². The van der Waals surface area contributed by atoms with E-state index in [1.165, 1.54) is 0 Å². The Hall–Kier alpha value is -1.66. The van der Waals surface area contributed by atoms with E-state index < -0.39 is 0 Å². The molecular formula is C17H24N2O4. The number of amides is 1. The number of aryl methyl sites for hydroxylation is 2. The van der Waals surface area contributed by atoms with Crippen LogP contribution in [0.2, 0.25) is 0 Å². The quantitative estimate of drug-likeness (QED) is 0.911. The minimum atomic E-state index is -0.229. The Morgan fingerprint density at radius 2 is 2.17 bits per heavy atom. The molecule has 1 saturated heterocycles. The number of rotatable bonds is 4. The van der Waals surface area contributed by atoms with Gasteiger partial charge in [0.15, 0.2) is 5.78 Å². The lowest BCUT2D eigenvalue weighted by Gasteiger charge is -2.20. The van der Waals surface area contributed by atoms with Gasteiger partial charge in [-0.25, -0.2) is 0 Å². The molecule has 0 spiro atoms. The van der Waals surface area contributed by atoms with E-state index in [1.54, 1.807) is 6.92 Å². The molecule has 0 unspecified atom stereocenters. The van der Waals surface area contributed by atoms with Gasteiger partial charge in [0.2, 0.25) is 0 Å². The summed E-state index contributed by atoms with van der Waals surface area (Å²) in [4.78, 5) is 27.1. The van der Waals surface area contributed by atoms with Crippen molar-refractivity contribution in [2.75, 3.05) is 26.7 Å². The molecule has 1 aliphatic carbocycles. The Morgan fingerprint density at radius 3 is 2.91 bits per heavy atom. The fourth-order valence-corrected chi connectivity index (χ4v) is 3.61. The summed E-state index contributed by atoms with van der Waals surface area (Å²) in [6, 6.07) is -0.0731. The largest absolute Gasteiger partial charge is 0.465 e. The summed E-state index contributed by atoms with van der Waals surface area (Å²) in [7, 11) is 2.01. The van der Waals surface area contributed by atoms with Crippen molar-refractivity contribution in [3.8, 4) is 0 Å². The predicted molar refractivity (Wildman–Crippen MR) is 84.9 cm³/mol. The number of ether oxygens (including phenoxy) is 1. The van der Waals surface area contributed by atoms with Gasteiger partial charge < -0.3 is 19.4 Å². The standard InChI is InChI=1S/C17H24N2O4/c1-4-22-14-9-19(3)8-11(14)18-17(21)15-10(2)23-13-7-5-6-12(20)16(13)15/h11,14H,4-9H2,1-3H3,(H,18,21)/t11-,14-/m1/s1. The van der Waals surface area contributed by atoms with Crippen molar-refractivity contribution in [1.82, 2.24) is 10.2 Å². The number of hydrogen-bond acceptors (Lipinski definition) is 5. The summed E-state index contributed by atoms with van der Waals surface area (Å²) in [6.45, 7) is 5.85. The Morgan fingerprint density at radius 1 is 1.39 bits per heavy atom. The Bertz CT molecular complexity index is 622. The highest BCUT2D eigenvalue weighted by Crippen LogP contribution is 2.29. The lowest BCUT2D eigenvalue weighted by Crippen LogP contribution is -2.44. The predicted octanol–water partition coefficient (Wildman–Crippen LogP) is 1.56. The molecule has 6 nitrogen and oxygen atoms in total. The van der Waals surface area contributed by atoms with E-state index in [0.29, 0.717) is 35.7 Å². The molecule has 1 aliphatic heterocycles. The van der Waals surface area contributed by atoms with E-state index in [2.05, 4.69) is 10.2 Å². The van der Waals surface area contributed by atoms with Crippen LogP contribution in [0, 0.1) is 6.92 Å². The molecule has 1 N–H and O–H groups in total. The van der Waals surface area contributed by atoms with Crippen LogP contribution in [0.15, 0.2) is 4.42 Å². The van der Waals surface area contributed by atoms with Gasteiger partial charge in [0.1, 0.15) is 11.5 Å². The van der Waals surface area contributed by atoms with Crippen molar-refractivity contribution >= 4 is 11.7 Å². The normalized spacial score (nSPS) is 24.7. The number of nitrogens with zero attached hydrogens (tertiary/aromatic N) is 1. The highest BCUT2D eigenvalue weighted by atomic mass is 16.5. The highest BCUT2D eigenvalue weighted by Gasteiger charge is 2.35. The van der Waals surface area contributed by atoms with Crippen LogP contribution in [0.25, 0.3) is 0 Å². The second-order valence-electron chi connectivity index (χ2n) is 6.40. The number of nitrogens with one attached hydrogen (secondary N) is 1. The molecule has 2 aliphatic rings. The Kier molecular flexibility index (Phi) is 4.55. The smallest absolute Gasteiger partial charge is 0.255 e. The molecule has 2 heterocycles. The number of Topliss-reactive ketones (excluding diaryl/α,β-unsaturated/α-hetero) is 1. The zero-order valence-corrected chi connectivity index (χ0v) is 14.0. The average molecular weight is 320 g/mol. The molecule has 126 valence electrons. The van der Waals surface area contributed by atoms with Gasteiger partial charge in [0.25, 0.3) is 5.91 Å². The van der Waals surface area contributed by atoms with Gasteiger partial charge in [-0.15, -0.1) is 0 Å². The minimum Gasteiger partial charge on any atom is -0.465 e. The van der Waals surface area contributed by atoms with E-state index in [0.717, 1.165) is 25.9 Å². The fourth-order valence-electron chi connectivity index (χ4n) is 3.61. The maximum Gasteiger partial charge on any atom is 0.255 e. The van der Waals surface area contributed by atoms with Gasteiger partial charge in [0.05, 0.1) is 23.3 Å². The summed E-state index contributed by atoms with van der Waals surface area (Å²) in [5.74, 6) is 0.974. The van der Waals surface area contributed by atoms with Crippen LogP contribution >= 0.6 is 0 Å². The van der Waals surface area contributed by atoms with Gasteiger partial charge in [-0.3, -0.25) is 9.59 Å². The first-order chi connectivity index (χ1) is 11.0. The number of likely N-dealkylation sites (tertiary alicyclic amines) is 1. The van der Waals surface area contributed by atoms with Crippen LogP contribution in [0.5, 0.6) is 0 Å². The van der Waals surface area contributed by atoms with E-state index >= 15 is 0 Å². The number of fused-ring (bicyclic) bond motifs is 1. The van der Waals surface area contributed by atoms with E-state index in [4.69, 9.17) is 9.15 Å². The van der Waals surface area contributed by atoms with Gasteiger partial charge in [-0.05, 0) is 27.3 Å². The van der Waals surface area contributed by atoms with Gasteiger partial charge in [-0.1, -0.05) is 0 Å². The average Bonchev–Trinajstić information content (AvgIpc) is 3.00. The topological polar surface area (TPSA) is 71.8 Å². The summed E-state index contributed by atoms with van der Waals surface area (Å²) in [5, 5.41) is 3.04. The zero-order chi connectivity index (χ0) is 16.6. The van der Waals surface area contributed by atoms with Crippen LogP contribution < -0.4 is 5.32 Å². The third-order valence-electron chi connectivity index (χ3n) is 4.62. The number of hydrogen-bond donors (Lipinski definition) is 1. The van der Waals surface area contributed by atoms with Crippen LogP contribution in [-0.4, -0.2) is 55.5 Å². The molecule has 0 aromatic carbocycles. The first-order valence-electron chi connectivity index (χ1n) is 8.27. The fraction of sp³-hybridized carbons (Fsp3) is 0.647. The van der Waals surface area contributed by atoms with Crippen molar-refractivity contribution < 1.29 is 18.7 Å². The molecule has 1 amide bonds. The van der Waals surface area contributed by atoms with Gasteiger partial charge in [0, 0.05) is 32.5 Å². The zero-order valence-electron chi connectivity index (χ0n) is 14.0. The van der Waals surface area contributed by atoms with Crippen molar-refractivity contribution in [1.29, 1.82) is 0 Å². The second-order valence-corrected chi connectivity index (χ2v) is 6.40. The molecule has 1 aromatic heterocycles. The van der Waals surface area contributed by atoms with Crippen LogP contribution in [-0.2, 0) is 11.2 Å². The molecule has 23 heavy (non-hydrogen) atoms. The van der Waals surface area contributed by atoms with E-state index in [1.807, 2.05) is 14.0 Å². The minimum absolute atomic E-state index is 0.0122. The molecule has 0 bridgehead atoms. The second kappa shape index (κ2) is 6.45. The SMILES string of the molecule is CCO[C@@H]1CN(C)C[C@H]1NC(=O)c1c(C)oc2c1C(=O)CCC2. The first kappa shape index (κ1) is 16.2. The number of ketones is 1. The summed E-state index contributed by atoms with van der Waals surface area (Å²) >= 11 is 0. The van der Waals surface area contributed by atoms with Crippen molar-refractivity contribution in [2.24, 2.45) is 0 Å². The molecule has 1 aromatic rings. The van der Waals surface area contributed by atoms with E-state index in [-0.39, 0.29) is 23.8 Å². The Balaban J connectivity index is 1.81. The van der Waals surface area contributed by atoms with Crippen LogP contribution in [0.1, 0.15) is 52.0 Å². The van der Waals surface area contributed by atoms with Crippen LogP contribution in [0.4, 0.5) is 0 Å². The summed E-state index contributed by atoms with van der Waals surface area (Å²) in [6.07, 6.45) is 1.98. The van der Waals surface area contributed by atoms with Gasteiger partial charge in [-0.2, -0.15) is 0 Å². The number of carbonyl (C=O) groups excluding carboxylic acids is 2. The number of carbonyl (C=O) groups is 2. The summed E-state index contributed by atoms with van der Waals surface area (Å²) < 4.78 is 11.4. The Labute approximate surface area is 136 Å². The maximum atomic E-state index is 12.8. The molecule has 3 rings (SSSR count). The van der Waals surface area contributed by atoms with E-state index in [9.17, 15) is 9.59 Å². The molecule has 0 radical (unpaired) electrons. The lowest BCUT2D eigenvalue weighted by atomic mass is 9.93. The number of furan rings is 1. The molecule has 6 heteroatoms. The molecule has 0 saturated carbocycles. The van der Waals surface area contributed by atoms with Crippen molar-refractivity contribution in [2.45, 2.75) is 45.3 Å². The third kappa shape index (κ3) is 3.05.